The van der Waals surface area contributed by atoms with Gasteiger partial charge >= 0.3 is 5.97 Å². The molecule has 2 aromatic heterocycles. The van der Waals surface area contributed by atoms with Gasteiger partial charge in [-0.05, 0) is 37.1 Å². The van der Waals surface area contributed by atoms with Crippen molar-refractivity contribution in [3.05, 3.63) is 77.9 Å². The number of amides is 2. The van der Waals surface area contributed by atoms with Gasteiger partial charge in [0.2, 0.25) is 11.9 Å². The molecule has 15 heteroatoms. The van der Waals surface area contributed by atoms with Gasteiger partial charge in [-0.1, -0.05) is 24.3 Å². The molecule has 9 N–H and O–H groups in total. The Morgan fingerprint density at radius 1 is 1.10 bits per heavy atom. The summed E-state index contributed by atoms with van der Waals surface area (Å²) < 4.78 is 0. The summed E-state index contributed by atoms with van der Waals surface area (Å²) in [4.78, 5) is 57.4. The van der Waals surface area contributed by atoms with Gasteiger partial charge in [0.15, 0.2) is 17.0 Å². The summed E-state index contributed by atoms with van der Waals surface area (Å²) in [6, 6.07) is 5.31. The van der Waals surface area contributed by atoms with Crippen LogP contribution in [-0.2, 0) is 21.0 Å². The Balaban J connectivity index is 1.25. The molecule has 42 heavy (non-hydrogen) atoms. The minimum Gasteiger partial charge on any atom is -0.480 e. The van der Waals surface area contributed by atoms with Crippen molar-refractivity contribution in [1.82, 2.24) is 30.6 Å². The number of aliphatic carboxylic acids is 1. The average molecular weight is 576 g/mol. The molecule has 0 spiro atoms. The van der Waals surface area contributed by atoms with Gasteiger partial charge < -0.3 is 37.4 Å². The van der Waals surface area contributed by atoms with Crippen molar-refractivity contribution in [3.63, 3.8) is 0 Å². The van der Waals surface area contributed by atoms with E-state index in [-0.39, 0.29) is 36.2 Å². The van der Waals surface area contributed by atoms with Crippen LogP contribution in [0.1, 0.15) is 28.9 Å². The summed E-state index contributed by atoms with van der Waals surface area (Å²) in [6.07, 6.45) is 9.65. The number of hydrogen-bond donors (Lipinski definition) is 7. The van der Waals surface area contributed by atoms with Crippen LogP contribution in [0, 0.1) is 5.92 Å². The van der Waals surface area contributed by atoms with Gasteiger partial charge in [-0.2, -0.15) is 9.97 Å². The minimum absolute atomic E-state index is 0.0104. The van der Waals surface area contributed by atoms with Crippen LogP contribution in [0.5, 0.6) is 0 Å². The molecule has 3 aromatic rings. The third kappa shape index (κ3) is 7.54. The maximum atomic E-state index is 12.7. The number of rotatable bonds is 12. The second-order valence-corrected chi connectivity index (χ2v) is 9.17. The lowest BCUT2D eigenvalue weighted by atomic mass is 9.94. The Kier molecular flexibility index (Phi) is 9.57. The fraction of sp³-hybridized carbons (Fsp3) is 0.222. The fourth-order valence-electron chi connectivity index (χ4n) is 4.10. The number of hydrogen-bond acceptors (Lipinski definition) is 12. The Hall–Kier alpha value is -5.57. The molecular weight excluding hydrogens is 546 g/mol. The summed E-state index contributed by atoms with van der Waals surface area (Å²) in [5, 5.41) is 26.6. The minimum atomic E-state index is -1.19. The number of nitrogens with one attached hydrogen (secondary N) is 3. The molecule has 1 aliphatic rings. The van der Waals surface area contributed by atoms with Crippen molar-refractivity contribution in [2.45, 2.75) is 25.4 Å². The second kappa shape index (κ2) is 13.7. The summed E-state index contributed by atoms with van der Waals surface area (Å²) in [7, 11) is 0. The largest absolute Gasteiger partial charge is 0.480 e. The van der Waals surface area contributed by atoms with Crippen LogP contribution >= 0.6 is 0 Å². The number of allylic oxidation sites excluding steroid dienone is 3. The SMILES string of the molecule is Nc1nc(N)c2nc(CNc3ccc(C(=O)NC(CCCNC(=O)C4C=CC=CC4=COO)C(=O)O)cc3)cnc2n1. The monoisotopic (exact) mass is 575 g/mol. The van der Waals surface area contributed by atoms with Crippen LogP contribution in [-0.4, -0.2) is 60.7 Å². The van der Waals surface area contributed by atoms with E-state index in [1.807, 2.05) is 0 Å². The number of carbonyl (C=O) groups excluding carboxylic acids is 2. The second-order valence-electron chi connectivity index (χ2n) is 9.17. The maximum absolute atomic E-state index is 12.7. The van der Waals surface area contributed by atoms with Crippen molar-refractivity contribution < 1.29 is 29.6 Å². The molecule has 2 unspecified atom stereocenters. The topological polar surface area (TPSA) is 241 Å². The number of aromatic nitrogens is 4. The summed E-state index contributed by atoms with van der Waals surface area (Å²) >= 11 is 0. The van der Waals surface area contributed by atoms with E-state index in [0.717, 1.165) is 6.26 Å². The van der Waals surface area contributed by atoms with Crippen molar-refractivity contribution in [2.24, 2.45) is 5.92 Å². The summed E-state index contributed by atoms with van der Waals surface area (Å²) in [5.41, 5.74) is 14.1. The lowest BCUT2D eigenvalue weighted by molar-refractivity contribution is -0.187. The number of carboxylic acid groups (broad SMARTS) is 1. The van der Waals surface area contributed by atoms with Gasteiger partial charge in [-0.3, -0.25) is 9.59 Å². The first-order valence-corrected chi connectivity index (χ1v) is 12.8. The third-order valence-corrected chi connectivity index (χ3v) is 6.23. The number of nitrogen functional groups attached to an aromatic ring is 2. The standard InChI is InChI=1S/C27H29N9O6/c28-22-21-23(36-27(29)35-22)32-13-18(33-21)12-31-17-9-7-15(8-10-17)24(37)34-20(26(39)40)6-3-11-30-25(38)19-5-2-1-4-16(19)14-42-41/h1-2,4-5,7-10,13-14,19-20,31,41H,3,6,11-12H2,(H,30,38)(H,34,37)(H,39,40)(H4,28,29,32,35,36). The molecule has 0 saturated heterocycles. The van der Waals surface area contributed by atoms with Crippen LogP contribution in [0.25, 0.3) is 11.2 Å². The molecule has 1 aliphatic carbocycles. The number of carboxylic acids is 1. The van der Waals surface area contributed by atoms with Crippen LogP contribution in [0.3, 0.4) is 0 Å². The zero-order chi connectivity index (χ0) is 30.1. The maximum Gasteiger partial charge on any atom is 0.326 e. The average Bonchev–Trinajstić information content (AvgIpc) is 2.98. The normalized spacial score (nSPS) is 15.7. The fourth-order valence-corrected chi connectivity index (χ4v) is 4.10. The Labute approximate surface area is 239 Å². The highest BCUT2D eigenvalue weighted by Gasteiger charge is 2.23. The predicted octanol–water partition coefficient (Wildman–Crippen LogP) is 1.39. The van der Waals surface area contributed by atoms with E-state index < -0.39 is 23.8 Å². The predicted molar refractivity (Wildman–Crippen MR) is 152 cm³/mol. The Morgan fingerprint density at radius 2 is 1.88 bits per heavy atom. The van der Waals surface area contributed by atoms with Crippen molar-refractivity contribution >= 4 is 46.4 Å². The van der Waals surface area contributed by atoms with Gasteiger partial charge in [-0.25, -0.2) is 20.0 Å². The quantitative estimate of drug-likeness (QED) is 0.0700. The lowest BCUT2D eigenvalue weighted by Crippen LogP contribution is -2.41. The van der Waals surface area contributed by atoms with E-state index in [1.165, 1.54) is 6.20 Å². The molecule has 218 valence electrons. The molecule has 2 atom stereocenters. The molecule has 0 bridgehead atoms. The number of anilines is 3. The van der Waals surface area contributed by atoms with Gasteiger partial charge in [-0.15, -0.1) is 0 Å². The van der Waals surface area contributed by atoms with Crippen LogP contribution in [0.2, 0.25) is 0 Å². The Bertz CT molecular complexity index is 1560. The number of nitrogens with zero attached hydrogens (tertiary/aromatic N) is 4. The molecule has 1 aromatic carbocycles. The molecule has 0 radical (unpaired) electrons. The Morgan fingerprint density at radius 3 is 2.62 bits per heavy atom. The van der Waals surface area contributed by atoms with E-state index >= 15 is 0 Å². The number of nitrogens with two attached hydrogens (primary N) is 2. The highest BCUT2D eigenvalue weighted by molar-refractivity contribution is 5.96. The molecule has 15 nitrogen and oxygen atoms in total. The molecule has 2 heterocycles. The van der Waals surface area contributed by atoms with Crippen LogP contribution < -0.4 is 27.4 Å². The third-order valence-electron chi connectivity index (χ3n) is 6.23. The molecule has 0 fully saturated rings. The van der Waals surface area contributed by atoms with Crippen molar-refractivity contribution in [1.29, 1.82) is 0 Å². The first-order valence-electron chi connectivity index (χ1n) is 12.8. The summed E-state index contributed by atoms with van der Waals surface area (Å²) in [6.45, 7) is 0.492. The van der Waals surface area contributed by atoms with Crippen LogP contribution in [0.4, 0.5) is 17.5 Å². The molecule has 2 amide bonds. The van der Waals surface area contributed by atoms with Gasteiger partial charge in [0, 0.05) is 23.4 Å². The van der Waals surface area contributed by atoms with Crippen LogP contribution in [0.15, 0.2) is 66.6 Å². The van der Waals surface area contributed by atoms with Gasteiger partial charge in [0.25, 0.3) is 5.91 Å². The molecule has 4 rings (SSSR count). The van der Waals surface area contributed by atoms with Crippen molar-refractivity contribution in [2.75, 3.05) is 23.3 Å². The molecule has 0 aliphatic heterocycles. The highest BCUT2D eigenvalue weighted by atomic mass is 17.1. The van der Waals surface area contributed by atoms with E-state index in [4.69, 9.17) is 16.7 Å². The summed E-state index contributed by atoms with van der Waals surface area (Å²) in [5.74, 6) is -2.59. The first kappa shape index (κ1) is 29.4. The first-order chi connectivity index (χ1) is 20.2. The van der Waals surface area contributed by atoms with Crippen molar-refractivity contribution in [3.8, 4) is 0 Å². The smallest absolute Gasteiger partial charge is 0.326 e. The van der Waals surface area contributed by atoms with E-state index in [0.29, 0.717) is 41.1 Å². The number of carbonyl (C=O) groups is 3. The lowest BCUT2D eigenvalue weighted by Gasteiger charge is -2.17. The number of fused-ring (bicyclic) bond motifs is 1. The van der Waals surface area contributed by atoms with Gasteiger partial charge in [0.1, 0.15) is 12.3 Å². The molecule has 0 saturated carbocycles. The van der Waals surface area contributed by atoms with Gasteiger partial charge in [0.05, 0.1) is 24.4 Å². The highest BCUT2D eigenvalue weighted by Crippen LogP contribution is 2.19. The van der Waals surface area contributed by atoms with E-state index in [9.17, 15) is 19.5 Å². The number of benzene rings is 1. The van der Waals surface area contributed by atoms with E-state index in [2.05, 4.69) is 40.8 Å². The zero-order valence-electron chi connectivity index (χ0n) is 22.2. The van der Waals surface area contributed by atoms with E-state index in [1.54, 1.807) is 48.6 Å². The molecular formula is C27H29N9O6. The zero-order valence-corrected chi connectivity index (χ0v) is 22.2.